The minimum absolute atomic E-state index is 0.0249. The molecule has 3 N–H and O–H groups in total. The molecule has 1 aromatic carbocycles. The number of furan rings is 1. The van der Waals surface area contributed by atoms with Crippen LogP contribution < -0.4 is 11.1 Å². The Morgan fingerprint density at radius 3 is 2.88 bits per heavy atom. The summed E-state index contributed by atoms with van der Waals surface area (Å²) in [5.74, 6) is -0.848. The molecule has 2 amide bonds. The average Bonchev–Trinajstić information content (AvgIpc) is 3.12. The van der Waals surface area contributed by atoms with Crippen LogP contribution in [-0.2, 0) is 11.8 Å². The molecule has 0 bridgehead atoms. The van der Waals surface area contributed by atoms with E-state index in [0.29, 0.717) is 16.7 Å². The molecule has 4 rings (SSSR count). The number of fused-ring (bicyclic) bond motifs is 1. The van der Waals surface area contributed by atoms with Crippen LogP contribution in [0.5, 0.6) is 0 Å². The number of nitrogens with one attached hydrogen (secondary N) is 1. The van der Waals surface area contributed by atoms with Gasteiger partial charge in [-0.3, -0.25) is 14.3 Å². The molecule has 1 aliphatic carbocycles. The van der Waals surface area contributed by atoms with Crippen molar-refractivity contribution in [2.75, 3.05) is 5.32 Å². The summed E-state index contributed by atoms with van der Waals surface area (Å²) in [7, 11) is 1.84. The van der Waals surface area contributed by atoms with Gasteiger partial charge in [-0.1, -0.05) is 12.1 Å². The highest BCUT2D eigenvalue weighted by Crippen LogP contribution is 2.48. The van der Waals surface area contributed by atoms with Crippen molar-refractivity contribution in [3.8, 4) is 0 Å². The Morgan fingerprint density at radius 2 is 2.17 bits per heavy atom. The molecule has 1 saturated carbocycles. The summed E-state index contributed by atoms with van der Waals surface area (Å²) in [5.41, 5.74) is 7.28. The third kappa shape index (κ3) is 2.34. The Balaban J connectivity index is 1.59. The third-order valence-electron chi connectivity index (χ3n) is 4.35. The number of nitrogens with two attached hydrogens (primary N) is 1. The summed E-state index contributed by atoms with van der Waals surface area (Å²) in [4.78, 5) is 24.2. The van der Waals surface area contributed by atoms with Crippen LogP contribution in [0.25, 0.3) is 11.0 Å². The van der Waals surface area contributed by atoms with E-state index in [-0.39, 0.29) is 23.5 Å². The highest BCUT2D eigenvalue weighted by Gasteiger charge is 2.45. The lowest BCUT2D eigenvalue weighted by Gasteiger charge is -2.04. The van der Waals surface area contributed by atoms with Crippen molar-refractivity contribution < 1.29 is 14.0 Å². The first-order valence-electron chi connectivity index (χ1n) is 7.65. The number of primary amides is 1. The smallest absolute Gasteiger partial charge is 0.286 e. The van der Waals surface area contributed by atoms with Gasteiger partial charge in [-0.15, -0.1) is 0 Å². The zero-order chi connectivity index (χ0) is 16.8. The first kappa shape index (κ1) is 14.5. The zero-order valence-corrected chi connectivity index (χ0v) is 13.0. The molecule has 0 radical (unpaired) electrons. The van der Waals surface area contributed by atoms with Gasteiger partial charge >= 0.3 is 0 Å². The van der Waals surface area contributed by atoms with Crippen molar-refractivity contribution >= 4 is 28.5 Å². The maximum Gasteiger partial charge on any atom is 0.286 e. The molecule has 7 heteroatoms. The van der Waals surface area contributed by atoms with E-state index >= 15 is 0 Å². The van der Waals surface area contributed by atoms with Crippen LogP contribution in [0.3, 0.4) is 0 Å². The second-order valence-electron chi connectivity index (χ2n) is 6.05. The third-order valence-corrected chi connectivity index (χ3v) is 4.35. The summed E-state index contributed by atoms with van der Waals surface area (Å²) < 4.78 is 7.19. The molecule has 1 fully saturated rings. The number of anilines is 1. The van der Waals surface area contributed by atoms with Gasteiger partial charge in [-0.05, 0) is 30.0 Å². The Morgan fingerprint density at radius 1 is 1.38 bits per heavy atom. The van der Waals surface area contributed by atoms with Crippen LogP contribution in [0.15, 0.2) is 41.1 Å². The molecule has 0 spiro atoms. The number of benzene rings is 1. The minimum Gasteiger partial charge on any atom is -0.449 e. The first-order chi connectivity index (χ1) is 11.5. The number of carbonyl (C=O) groups excluding carboxylic acids is 2. The lowest BCUT2D eigenvalue weighted by molar-refractivity contribution is -0.117. The van der Waals surface area contributed by atoms with Gasteiger partial charge in [-0.2, -0.15) is 5.10 Å². The van der Waals surface area contributed by atoms with Crippen molar-refractivity contribution in [2.24, 2.45) is 18.7 Å². The number of hydrogen-bond donors (Lipinski definition) is 2. The van der Waals surface area contributed by atoms with Crippen LogP contribution in [0.2, 0.25) is 0 Å². The lowest BCUT2D eigenvalue weighted by atomic mass is 10.1. The maximum atomic E-state index is 12.5. The van der Waals surface area contributed by atoms with E-state index in [1.807, 2.05) is 19.3 Å². The van der Waals surface area contributed by atoms with E-state index in [0.717, 1.165) is 12.0 Å². The Labute approximate surface area is 137 Å². The molecule has 0 saturated heterocycles. The number of rotatable bonds is 4. The van der Waals surface area contributed by atoms with Gasteiger partial charge < -0.3 is 15.5 Å². The van der Waals surface area contributed by atoms with E-state index < -0.39 is 5.91 Å². The molecule has 2 heterocycles. The number of carbonyl (C=O) groups is 2. The minimum atomic E-state index is -0.707. The molecular weight excluding hydrogens is 308 g/mol. The van der Waals surface area contributed by atoms with Gasteiger partial charge in [0.25, 0.3) is 5.91 Å². The van der Waals surface area contributed by atoms with E-state index in [9.17, 15) is 9.59 Å². The summed E-state index contributed by atoms with van der Waals surface area (Å²) >= 11 is 0. The second-order valence-corrected chi connectivity index (χ2v) is 6.05. The SMILES string of the molecule is Cn1cc([C@@H]2C[C@H]2C(=O)Nc2c(C(N)=O)oc3ccccc23)cn1. The Bertz CT molecular complexity index is 956. The molecule has 2 atom stereocenters. The monoisotopic (exact) mass is 324 g/mol. The van der Waals surface area contributed by atoms with Gasteiger partial charge in [0.2, 0.25) is 11.7 Å². The standard InChI is InChI=1S/C17H16N4O3/c1-21-8-9(7-19-21)11-6-12(11)17(23)20-14-10-4-2-3-5-13(10)24-15(14)16(18)22/h2-5,7-8,11-12H,6H2,1H3,(H2,18,22)(H,20,23)/t11-,12+/m0/s1. The van der Waals surface area contributed by atoms with Crippen LogP contribution >= 0.6 is 0 Å². The summed E-state index contributed by atoms with van der Waals surface area (Å²) in [6.45, 7) is 0. The van der Waals surface area contributed by atoms with Crippen LogP contribution in [0, 0.1) is 5.92 Å². The largest absolute Gasteiger partial charge is 0.449 e. The molecule has 0 aliphatic heterocycles. The fourth-order valence-electron chi connectivity index (χ4n) is 3.04. The van der Waals surface area contributed by atoms with E-state index in [1.54, 1.807) is 29.1 Å². The molecule has 24 heavy (non-hydrogen) atoms. The molecule has 7 nitrogen and oxygen atoms in total. The van der Waals surface area contributed by atoms with Crippen molar-refractivity contribution in [3.63, 3.8) is 0 Å². The topological polar surface area (TPSA) is 103 Å². The highest BCUT2D eigenvalue weighted by atomic mass is 16.3. The summed E-state index contributed by atoms with van der Waals surface area (Å²) in [6.07, 6.45) is 4.46. The fourth-order valence-corrected chi connectivity index (χ4v) is 3.04. The second kappa shape index (κ2) is 5.23. The van der Waals surface area contributed by atoms with Crippen molar-refractivity contribution in [2.45, 2.75) is 12.3 Å². The normalized spacial score (nSPS) is 19.4. The number of aryl methyl sites for hydroxylation is 1. The van der Waals surface area contributed by atoms with E-state index in [2.05, 4.69) is 10.4 Å². The number of para-hydroxylation sites is 1. The number of nitrogens with zero attached hydrogens (tertiary/aromatic N) is 2. The highest BCUT2D eigenvalue weighted by molar-refractivity contribution is 6.11. The molecule has 3 aromatic rings. The van der Waals surface area contributed by atoms with E-state index in [4.69, 9.17) is 10.2 Å². The van der Waals surface area contributed by atoms with Crippen molar-refractivity contribution in [1.82, 2.24) is 9.78 Å². The first-order valence-corrected chi connectivity index (χ1v) is 7.65. The Kier molecular flexibility index (Phi) is 3.16. The van der Waals surface area contributed by atoms with Crippen molar-refractivity contribution in [1.29, 1.82) is 0 Å². The molecule has 122 valence electrons. The van der Waals surface area contributed by atoms with Crippen LogP contribution in [0.4, 0.5) is 5.69 Å². The van der Waals surface area contributed by atoms with Crippen LogP contribution in [0.1, 0.15) is 28.5 Å². The molecule has 1 aliphatic rings. The van der Waals surface area contributed by atoms with Gasteiger partial charge in [0.15, 0.2) is 0 Å². The molecule has 0 unspecified atom stereocenters. The molecular formula is C17H16N4O3. The summed E-state index contributed by atoms with van der Waals surface area (Å²) in [6, 6.07) is 7.12. The van der Waals surface area contributed by atoms with Gasteiger partial charge in [0, 0.05) is 24.5 Å². The number of amides is 2. The van der Waals surface area contributed by atoms with Gasteiger partial charge in [0.1, 0.15) is 11.3 Å². The van der Waals surface area contributed by atoms with Gasteiger partial charge in [0.05, 0.1) is 6.20 Å². The maximum absolute atomic E-state index is 12.5. The average molecular weight is 324 g/mol. The Hall–Kier alpha value is -3.09. The number of aromatic nitrogens is 2. The quantitative estimate of drug-likeness (QED) is 0.766. The van der Waals surface area contributed by atoms with Crippen molar-refractivity contribution in [3.05, 3.63) is 48.0 Å². The zero-order valence-electron chi connectivity index (χ0n) is 13.0. The predicted molar refractivity (Wildman–Crippen MR) is 87.4 cm³/mol. The molecule has 2 aromatic heterocycles. The fraction of sp³-hybridized carbons (Fsp3) is 0.235. The van der Waals surface area contributed by atoms with Gasteiger partial charge in [-0.25, -0.2) is 0 Å². The number of hydrogen-bond acceptors (Lipinski definition) is 4. The lowest BCUT2D eigenvalue weighted by Crippen LogP contribution is -2.18. The van der Waals surface area contributed by atoms with Crippen LogP contribution in [-0.4, -0.2) is 21.6 Å². The summed E-state index contributed by atoms with van der Waals surface area (Å²) in [5, 5.41) is 7.62. The predicted octanol–water partition coefficient (Wildman–Crippen LogP) is 2.01. The van der Waals surface area contributed by atoms with E-state index in [1.165, 1.54) is 0 Å².